The molecule has 1 N–H and O–H groups in total. The minimum absolute atomic E-state index is 0.0178. The lowest BCUT2D eigenvalue weighted by molar-refractivity contribution is 0.0211. The number of carbonyl (C=O) groups is 1. The molecule has 0 radical (unpaired) electrons. The Bertz CT molecular complexity index is 471. The van der Waals surface area contributed by atoms with Crippen LogP contribution < -0.4 is 0 Å². The number of amides is 1. The fourth-order valence-electron chi connectivity index (χ4n) is 2.41. The molecule has 1 fully saturated rings. The summed E-state index contributed by atoms with van der Waals surface area (Å²) < 4.78 is 0. The van der Waals surface area contributed by atoms with Crippen molar-refractivity contribution in [2.24, 2.45) is 5.92 Å². The van der Waals surface area contributed by atoms with Crippen LogP contribution in [-0.4, -0.2) is 45.8 Å². The molecule has 0 bridgehead atoms. The maximum Gasteiger partial charge on any atom is 0.256 e. The van der Waals surface area contributed by atoms with Crippen LogP contribution in [0.25, 0.3) is 0 Å². The van der Waals surface area contributed by atoms with Gasteiger partial charge in [0.1, 0.15) is 5.03 Å². The third kappa shape index (κ3) is 3.09. The van der Waals surface area contributed by atoms with Gasteiger partial charge in [0.05, 0.1) is 11.2 Å². The third-order valence-corrected chi connectivity index (χ3v) is 4.38. The van der Waals surface area contributed by atoms with Crippen molar-refractivity contribution < 1.29 is 9.90 Å². The topological polar surface area (TPSA) is 53.4 Å². The Morgan fingerprint density at radius 3 is 2.89 bits per heavy atom. The molecule has 0 aliphatic carbocycles. The summed E-state index contributed by atoms with van der Waals surface area (Å²) in [6.07, 6.45) is 4.47. The standard InChI is InChI=1S/C14H20N2O2S/c1-14(2,18)10-6-8-16(9-10)13(17)11-5-4-7-15-12(11)19-3/h4-5,7,10,18H,6,8-9H2,1-3H3/t10-/m0/s1. The summed E-state index contributed by atoms with van der Waals surface area (Å²) >= 11 is 1.48. The number of hydrogen-bond acceptors (Lipinski definition) is 4. The molecule has 1 aliphatic rings. The van der Waals surface area contributed by atoms with Crippen LogP contribution in [-0.2, 0) is 0 Å². The molecular formula is C14H20N2O2S. The molecule has 104 valence electrons. The number of aliphatic hydroxyl groups is 1. The predicted octanol–water partition coefficient (Wildman–Crippen LogP) is 2.04. The van der Waals surface area contributed by atoms with E-state index in [-0.39, 0.29) is 11.8 Å². The van der Waals surface area contributed by atoms with Gasteiger partial charge in [-0.15, -0.1) is 11.8 Å². The summed E-state index contributed by atoms with van der Waals surface area (Å²) in [7, 11) is 0. The molecule has 1 aromatic rings. The summed E-state index contributed by atoms with van der Waals surface area (Å²) in [6, 6.07) is 3.61. The molecule has 0 spiro atoms. The van der Waals surface area contributed by atoms with E-state index < -0.39 is 5.60 Å². The van der Waals surface area contributed by atoms with Gasteiger partial charge < -0.3 is 10.0 Å². The van der Waals surface area contributed by atoms with Gasteiger partial charge in [-0.3, -0.25) is 4.79 Å². The van der Waals surface area contributed by atoms with Gasteiger partial charge in [0, 0.05) is 25.2 Å². The van der Waals surface area contributed by atoms with Crippen LogP contribution >= 0.6 is 11.8 Å². The normalized spacial score (nSPS) is 19.8. The molecule has 1 saturated heterocycles. The quantitative estimate of drug-likeness (QED) is 0.861. The Kier molecular flexibility index (Phi) is 4.16. The van der Waals surface area contributed by atoms with E-state index in [0.717, 1.165) is 11.4 Å². The number of aromatic nitrogens is 1. The zero-order valence-corrected chi connectivity index (χ0v) is 12.4. The number of hydrogen-bond donors (Lipinski definition) is 1. The number of likely N-dealkylation sites (tertiary alicyclic amines) is 1. The SMILES string of the molecule is CSc1ncccc1C(=O)N1CC[C@H](C(C)(C)O)C1. The summed E-state index contributed by atoms with van der Waals surface area (Å²) in [6.45, 7) is 4.94. The fourth-order valence-corrected chi connectivity index (χ4v) is 2.95. The zero-order chi connectivity index (χ0) is 14.0. The highest BCUT2D eigenvalue weighted by Crippen LogP contribution is 2.29. The van der Waals surface area contributed by atoms with Crippen LogP contribution in [0.5, 0.6) is 0 Å². The van der Waals surface area contributed by atoms with Crippen LogP contribution in [0.3, 0.4) is 0 Å². The monoisotopic (exact) mass is 280 g/mol. The fraction of sp³-hybridized carbons (Fsp3) is 0.571. The molecule has 1 aliphatic heterocycles. The maximum absolute atomic E-state index is 12.5. The van der Waals surface area contributed by atoms with E-state index in [0.29, 0.717) is 18.7 Å². The molecule has 19 heavy (non-hydrogen) atoms. The first-order valence-corrected chi connectivity index (χ1v) is 7.66. The van der Waals surface area contributed by atoms with Crippen LogP contribution in [0.15, 0.2) is 23.4 Å². The number of carbonyl (C=O) groups excluding carboxylic acids is 1. The highest BCUT2D eigenvalue weighted by atomic mass is 32.2. The second-order valence-corrected chi connectivity index (χ2v) is 6.25. The Hall–Kier alpha value is -1.07. The first-order chi connectivity index (χ1) is 8.93. The molecule has 0 unspecified atom stereocenters. The zero-order valence-electron chi connectivity index (χ0n) is 11.6. The van der Waals surface area contributed by atoms with E-state index in [2.05, 4.69) is 4.98 Å². The average molecular weight is 280 g/mol. The number of pyridine rings is 1. The second kappa shape index (κ2) is 5.51. The number of nitrogens with zero attached hydrogens (tertiary/aromatic N) is 2. The molecule has 2 heterocycles. The van der Waals surface area contributed by atoms with Crippen LogP contribution in [0.1, 0.15) is 30.6 Å². The molecule has 1 aromatic heterocycles. The lowest BCUT2D eigenvalue weighted by atomic mass is 9.90. The van der Waals surface area contributed by atoms with Gasteiger partial charge in [-0.2, -0.15) is 0 Å². The van der Waals surface area contributed by atoms with E-state index in [1.807, 2.05) is 31.1 Å². The van der Waals surface area contributed by atoms with Crippen LogP contribution in [0.2, 0.25) is 0 Å². The van der Waals surface area contributed by atoms with E-state index in [1.54, 1.807) is 12.3 Å². The van der Waals surface area contributed by atoms with Gasteiger partial charge in [0.2, 0.25) is 0 Å². The summed E-state index contributed by atoms with van der Waals surface area (Å²) in [5.74, 6) is 0.162. The summed E-state index contributed by atoms with van der Waals surface area (Å²) in [5, 5.41) is 10.8. The van der Waals surface area contributed by atoms with E-state index >= 15 is 0 Å². The van der Waals surface area contributed by atoms with E-state index in [1.165, 1.54) is 11.8 Å². The lowest BCUT2D eigenvalue weighted by Gasteiger charge is -2.25. The van der Waals surface area contributed by atoms with Crippen molar-refractivity contribution in [2.75, 3.05) is 19.3 Å². The minimum atomic E-state index is -0.730. The molecule has 2 rings (SSSR count). The van der Waals surface area contributed by atoms with Crippen molar-refractivity contribution in [2.45, 2.75) is 30.9 Å². The Morgan fingerprint density at radius 1 is 1.58 bits per heavy atom. The molecular weight excluding hydrogens is 260 g/mol. The largest absolute Gasteiger partial charge is 0.390 e. The van der Waals surface area contributed by atoms with Crippen molar-refractivity contribution in [3.63, 3.8) is 0 Å². The highest BCUT2D eigenvalue weighted by molar-refractivity contribution is 7.98. The smallest absolute Gasteiger partial charge is 0.256 e. The molecule has 4 nitrogen and oxygen atoms in total. The van der Waals surface area contributed by atoms with Gasteiger partial charge in [0.15, 0.2) is 0 Å². The van der Waals surface area contributed by atoms with Crippen molar-refractivity contribution in [3.8, 4) is 0 Å². The van der Waals surface area contributed by atoms with Crippen molar-refractivity contribution in [1.82, 2.24) is 9.88 Å². The van der Waals surface area contributed by atoms with Crippen LogP contribution in [0.4, 0.5) is 0 Å². The van der Waals surface area contributed by atoms with Crippen molar-refractivity contribution in [3.05, 3.63) is 23.9 Å². The summed E-state index contributed by atoms with van der Waals surface area (Å²) in [4.78, 5) is 18.5. The van der Waals surface area contributed by atoms with Gasteiger partial charge in [0.25, 0.3) is 5.91 Å². The Balaban J connectivity index is 2.14. The van der Waals surface area contributed by atoms with E-state index in [4.69, 9.17) is 0 Å². The molecule has 1 amide bonds. The Morgan fingerprint density at radius 2 is 2.32 bits per heavy atom. The lowest BCUT2D eigenvalue weighted by Crippen LogP contribution is -2.35. The third-order valence-electron chi connectivity index (χ3n) is 3.67. The Labute approximate surface area is 118 Å². The molecule has 5 heteroatoms. The number of thioether (sulfide) groups is 1. The first-order valence-electron chi connectivity index (χ1n) is 6.44. The predicted molar refractivity (Wildman–Crippen MR) is 76.3 cm³/mol. The highest BCUT2D eigenvalue weighted by Gasteiger charge is 2.36. The minimum Gasteiger partial charge on any atom is -0.390 e. The van der Waals surface area contributed by atoms with Crippen molar-refractivity contribution in [1.29, 1.82) is 0 Å². The summed E-state index contributed by atoms with van der Waals surface area (Å²) in [5.41, 5.74) is -0.0712. The molecule has 1 atom stereocenters. The van der Waals surface area contributed by atoms with E-state index in [9.17, 15) is 9.90 Å². The second-order valence-electron chi connectivity index (χ2n) is 5.45. The van der Waals surface area contributed by atoms with Gasteiger partial charge in [-0.25, -0.2) is 4.98 Å². The number of rotatable bonds is 3. The average Bonchev–Trinajstić information content (AvgIpc) is 2.87. The van der Waals surface area contributed by atoms with Crippen molar-refractivity contribution >= 4 is 17.7 Å². The molecule has 0 saturated carbocycles. The maximum atomic E-state index is 12.5. The molecule has 0 aromatic carbocycles. The van der Waals surface area contributed by atoms with Crippen LogP contribution in [0, 0.1) is 5.92 Å². The first kappa shape index (κ1) is 14.3. The van der Waals surface area contributed by atoms with Gasteiger partial charge in [-0.1, -0.05) is 0 Å². The van der Waals surface area contributed by atoms with Gasteiger partial charge in [-0.05, 0) is 38.7 Å². The van der Waals surface area contributed by atoms with Gasteiger partial charge >= 0.3 is 0 Å².